The fraction of sp³-hybridized carbons (Fsp3) is 0.562. The number of anilines is 1. The van der Waals surface area contributed by atoms with Gasteiger partial charge < -0.3 is 15.5 Å². The number of aryl methyl sites for hydroxylation is 1. The van der Waals surface area contributed by atoms with Crippen molar-refractivity contribution in [1.82, 2.24) is 10.2 Å². The van der Waals surface area contributed by atoms with Crippen LogP contribution in [0, 0.1) is 6.92 Å². The lowest BCUT2D eigenvalue weighted by molar-refractivity contribution is -0.115. The minimum atomic E-state index is 0.0159. The summed E-state index contributed by atoms with van der Waals surface area (Å²) in [5.74, 6) is 0.0159. The van der Waals surface area contributed by atoms with Crippen molar-refractivity contribution in [3.8, 4) is 0 Å². The van der Waals surface area contributed by atoms with Gasteiger partial charge in [0.2, 0.25) is 5.91 Å². The lowest BCUT2D eigenvalue weighted by atomic mass is 10.2. The first-order valence-corrected chi connectivity index (χ1v) is 7.46. The number of carbonyl (C=O) groups is 1. The van der Waals surface area contributed by atoms with Crippen LogP contribution in [0.15, 0.2) is 24.3 Å². The maximum Gasteiger partial charge on any atom is 0.238 e. The predicted octanol–water partition coefficient (Wildman–Crippen LogP) is 2.01. The van der Waals surface area contributed by atoms with Crippen LogP contribution < -0.4 is 10.6 Å². The molecule has 4 heteroatoms. The summed E-state index contributed by atoms with van der Waals surface area (Å²) in [6.45, 7) is 7.95. The second-order valence-electron chi connectivity index (χ2n) is 5.70. The van der Waals surface area contributed by atoms with Gasteiger partial charge in [-0.05, 0) is 51.9 Å². The molecule has 110 valence electrons. The summed E-state index contributed by atoms with van der Waals surface area (Å²) in [5.41, 5.74) is 2.05. The molecule has 1 unspecified atom stereocenters. The van der Waals surface area contributed by atoms with E-state index in [0.717, 1.165) is 12.2 Å². The van der Waals surface area contributed by atoms with E-state index >= 15 is 0 Å². The van der Waals surface area contributed by atoms with Gasteiger partial charge in [0.1, 0.15) is 0 Å². The number of nitrogens with zero attached hydrogens (tertiary/aromatic N) is 1. The summed E-state index contributed by atoms with van der Waals surface area (Å²) < 4.78 is 0. The second kappa shape index (κ2) is 7.41. The Morgan fingerprint density at radius 1 is 1.25 bits per heavy atom. The van der Waals surface area contributed by atoms with Crippen LogP contribution in [0.4, 0.5) is 5.69 Å². The van der Waals surface area contributed by atoms with E-state index in [0.29, 0.717) is 12.6 Å². The molecule has 0 aliphatic carbocycles. The Hall–Kier alpha value is -1.39. The van der Waals surface area contributed by atoms with Gasteiger partial charge in [-0.25, -0.2) is 0 Å². The molecule has 0 radical (unpaired) electrons. The van der Waals surface area contributed by atoms with Crippen molar-refractivity contribution < 1.29 is 4.79 Å². The van der Waals surface area contributed by atoms with Gasteiger partial charge >= 0.3 is 0 Å². The van der Waals surface area contributed by atoms with Crippen LogP contribution in [-0.4, -0.2) is 43.0 Å². The summed E-state index contributed by atoms with van der Waals surface area (Å²) in [6.07, 6.45) is 2.61. The topological polar surface area (TPSA) is 44.4 Å². The van der Waals surface area contributed by atoms with Gasteiger partial charge in [0, 0.05) is 18.3 Å². The maximum absolute atomic E-state index is 11.9. The van der Waals surface area contributed by atoms with Crippen molar-refractivity contribution in [1.29, 1.82) is 0 Å². The third-order valence-electron chi connectivity index (χ3n) is 3.68. The molecule has 1 aromatic carbocycles. The van der Waals surface area contributed by atoms with Gasteiger partial charge in [0.25, 0.3) is 0 Å². The fourth-order valence-electron chi connectivity index (χ4n) is 2.53. The summed E-state index contributed by atoms with van der Waals surface area (Å²) in [7, 11) is 0. The molecule has 0 saturated carbocycles. The highest BCUT2D eigenvalue weighted by Gasteiger charge is 2.14. The molecule has 0 aromatic heterocycles. The number of hydrogen-bond donors (Lipinski definition) is 2. The quantitative estimate of drug-likeness (QED) is 0.834. The average molecular weight is 275 g/mol. The van der Waals surface area contributed by atoms with Crippen molar-refractivity contribution in [3.63, 3.8) is 0 Å². The zero-order chi connectivity index (χ0) is 14.4. The van der Waals surface area contributed by atoms with Crippen LogP contribution in [0.5, 0.6) is 0 Å². The van der Waals surface area contributed by atoms with Gasteiger partial charge in [-0.3, -0.25) is 4.79 Å². The van der Waals surface area contributed by atoms with Crippen LogP contribution in [-0.2, 0) is 4.79 Å². The van der Waals surface area contributed by atoms with Gasteiger partial charge in [0.15, 0.2) is 0 Å². The van der Waals surface area contributed by atoms with E-state index in [2.05, 4.69) is 22.5 Å². The number of rotatable bonds is 6. The summed E-state index contributed by atoms with van der Waals surface area (Å²) in [6, 6.07) is 8.21. The first-order valence-electron chi connectivity index (χ1n) is 7.46. The smallest absolute Gasteiger partial charge is 0.238 e. The number of nitrogens with one attached hydrogen (secondary N) is 2. The van der Waals surface area contributed by atoms with Crippen molar-refractivity contribution in [2.45, 2.75) is 32.7 Å². The zero-order valence-electron chi connectivity index (χ0n) is 12.5. The van der Waals surface area contributed by atoms with Crippen LogP contribution in [0.2, 0.25) is 0 Å². The standard InChI is InChI=1S/C16H25N3O/c1-13-5-7-15(8-6-13)18-16(20)11-17-14(2)12-19-9-3-4-10-19/h5-8,14,17H,3-4,9-12H2,1-2H3,(H,18,20). The van der Waals surface area contributed by atoms with Crippen LogP contribution in [0.25, 0.3) is 0 Å². The van der Waals surface area contributed by atoms with E-state index in [9.17, 15) is 4.79 Å². The molecule has 2 rings (SSSR count). The highest BCUT2D eigenvalue weighted by atomic mass is 16.1. The van der Waals surface area contributed by atoms with Crippen LogP contribution in [0.1, 0.15) is 25.3 Å². The zero-order valence-corrected chi connectivity index (χ0v) is 12.5. The van der Waals surface area contributed by atoms with E-state index < -0.39 is 0 Å². The Morgan fingerprint density at radius 3 is 2.55 bits per heavy atom. The summed E-state index contributed by atoms with van der Waals surface area (Å²) in [4.78, 5) is 14.3. The fourth-order valence-corrected chi connectivity index (χ4v) is 2.53. The van der Waals surface area contributed by atoms with Gasteiger partial charge in [0.05, 0.1) is 6.54 Å². The normalized spacial score (nSPS) is 17.1. The molecule has 1 aliphatic heterocycles. The molecule has 1 saturated heterocycles. The molecule has 4 nitrogen and oxygen atoms in total. The lowest BCUT2D eigenvalue weighted by Crippen LogP contribution is -2.41. The Labute approximate surface area is 121 Å². The van der Waals surface area contributed by atoms with E-state index in [-0.39, 0.29) is 5.91 Å². The molecule has 1 aliphatic rings. The first-order chi connectivity index (χ1) is 9.63. The van der Waals surface area contributed by atoms with Crippen molar-refractivity contribution in [2.75, 3.05) is 31.5 Å². The highest BCUT2D eigenvalue weighted by molar-refractivity contribution is 5.92. The number of benzene rings is 1. The lowest BCUT2D eigenvalue weighted by Gasteiger charge is -2.21. The minimum Gasteiger partial charge on any atom is -0.325 e. The largest absolute Gasteiger partial charge is 0.325 e. The molecule has 1 atom stereocenters. The van der Waals surface area contributed by atoms with Gasteiger partial charge in [-0.15, -0.1) is 0 Å². The van der Waals surface area contributed by atoms with E-state index in [1.165, 1.54) is 31.5 Å². The predicted molar refractivity (Wildman–Crippen MR) is 82.9 cm³/mol. The third-order valence-corrected chi connectivity index (χ3v) is 3.68. The monoisotopic (exact) mass is 275 g/mol. The average Bonchev–Trinajstić information content (AvgIpc) is 2.92. The van der Waals surface area contributed by atoms with Gasteiger partial charge in [-0.2, -0.15) is 0 Å². The van der Waals surface area contributed by atoms with Crippen LogP contribution >= 0.6 is 0 Å². The van der Waals surface area contributed by atoms with Crippen molar-refractivity contribution >= 4 is 11.6 Å². The Morgan fingerprint density at radius 2 is 1.90 bits per heavy atom. The third kappa shape index (κ3) is 4.94. The Kier molecular flexibility index (Phi) is 5.56. The molecule has 2 N–H and O–H groups in total. The van der Waals surface area contributed by atoms with Crippen molar-refractivity contribution in [3.05, 3.63) is 29.8 Å². The molecule has 1 aromatic rings. The SMILES string of the molecule is Cc1ccc(NC(=O)CNC(C)CN2CCCC2)cc1. The molecule has 0 bridgehead atoms. The van der Waals surface area contributed by atoms with E-state index in [1.54, 1.807) is 0 Å². The van der Waals surface area contributed by atoms with Crippen LogP contribution in [0.3, 0.4) is 0 Å². The molecular weight excluding hydrogens is 250 g/mol. The second-order valence-corrected chi connectivity index (χ2v) is 5.70. The van der Waals surface area contributed by atoms with E-state index in [4.69, 9.17) is 0 Å². The van der Waals surface area contributed by atoms with Crippen molar-refractivity contribution in [2.24, 2.45) is 0 Å². The van der Waals surface area contributed by atoms with Gasteiger partial charge in [-0.1, -0.05) is 17.7 Å². The molecule has 0 spiro atoms. The van der Waals surface area contributed by atoms with E-state index in [1.807, 2.05) is 31.2 Å². The molecule has 1 amide bonds. The summed E-state index contributed by atoms with van der Waals surface area (Å²) >= 11 is 0. The molecule has 1 fully saturated rings. The number of likely N-dealkylation sites (tertiary alicyclic amines) is 1. The molecular formula is C16H25N3O. The first kappa shape index (κ1) is 15.0. The number of carbonyl (C=O) groups excluding carboxylic acids is 1. The highest BCUT2D eigenvalue weighted by Crippen LogP contribution is 2.09. The minimum absolute atomic E-state index is 0.0159. The Balaban J connectivity index is 1.67. The summed E-state index contributed by atoms with van der Waals surface area (Å²) in [5, 5.41) is 6.19. The number of amides is 1. The molecule has 20 heavy (non-hydrogen) atoms. The maximum atomic E-state index is 11.9. The Bertz CT molecular complexity index is 424. The molecule has 1 heterocycles. The number of hydrogen-bond acceptors (Lipinski definition) is 3.